The number of likely N-dealkylation sites (tertiary alicyclic amines) is 1. The molecule has 0 N–H and O–H groups in total. The van der Waals surface area contributed by atoms with Gasteiger partial charge in [-0.2, -0.15) is 0 Å². The van der Waals surface area contributed by atoms with Gasteiger partial charge in [0.2, 0.25) is 0 Å². The van der Waals surface area contributed by atoms with E-state index in [1.165, 1.54) is 0 Å². The minimum absolute atomic E-state index is 0.0127. The summed E-state index contributed by atoms with van der Waals surface area (Å²) in [6, 6.07) is 7.73. The smallest absolute Gasteiger partial charge is 0.260 e. The van der Waals surface area contributed by atoms with Crippen molar-refractivity contribution in [2.45, 2.75) is 32.1 Å². The Kier molecular flexibility index (Phi) is 3.93. The zero-order chi connectivity index (χ0) is 16.5. The van der Waals surface area contributed by atoms with Crippen LogP contribution in [0, 0.1) is 6.92 Å². The van der Waals surface area contributed by atoms with Crippen LogP contribution in [-0.4, -0.2) is 51.6 Å². The highest BCUT2D eigenvalue weighted by atomic mass is 16.5. The van der Waals surface area contributed by atoms with Gasteiger partial charge in [0.25, 0.3) is 5.91 Å². The number of carbonyl (C=O) groups is 1. The highest BCUT2D eigenvalue weighted by Crippen LogP contribution is 2.30. The van der Waals surface area contributed by atoms with E-state index < -0.39 is 0 Å². The number of aromatic nitrogens is 3. The first-order valence-corrected chi connectivity index (χ1v) is 8.18. The van der Waals surface area contributed by atoms with Crippen LogP contribution in [0.1, 0.15) is 23.7 Å². The Morgan fingerprint density at radius 3 is 3.04 bits per heavy atom. The first-order valence-electron chi connectivity index (χ1n) is 8.18. The van der Waals surface area contributed by atoms with Gasteiger partial charge in [-0.25, -0.2) is 4.68 Å². The van der Waals surface area contributed by atoms with Crippen LogP contribution < -0.4 is 4.74 Å². The van der Waals surface area contributed by atoms with Gasteiger partial charge in [0.05, 0.1) is 30.6 Å². The normalized spacial score (nSPS) is 22.6. The van der Waals surface area contributed by atoms with Gasteiger partial charge >= 0.3 is 0 Å². The molecular formula is C17H20N4O3. The van der Waals surface area contributed by atoms with E-state index in [-0.39, 0.29) is 24.7 Å². The molecule has 2 aliphatic heterocycles. The molecule has 1 aromatic heterocycles. The van der Waals surface area contributed by atoms with Crippen molar-refractivity contribution in [3.63, 3.8) is 0 Å². The molecule has 2 aromatic rings. The molecule has 7 nitrogen and oxygen atoms in total. The molecule has 4 rings (SSSR count). The number of amides is 1. The second-order valence-electron chi connectivity index (χ2n) is 6.32. The van der Waals surface area contributed by atoms with Crippen molar-refractivity contribution in [1.82, 2.24) is 19.9 Å². The van der Waals surface area contributed by atoms with Crippen LogP contribution in [0.15, 0.2) is 30.5 Å². The fourth-order valence-electron chi connectivity index (χ4n) is 3.28. The zero-order valence-corrected chi connectivity index (χ0v) is 13.6. The Morgan fingerprint density at radius 2 is 2.21 bits per heavy atom. The summed E-state index contributed by atoms with van der Waals surface area (Å²) in [5.41, 5.74) is 2.12. The van der Waals surface area contributed by atoms with Crippen LogP contribution in [0.3, 0.4) is 0 Å². The van der Waals surface area contributed by atoms with Crippen molar-refractivity contribution in [3.8, 4) is 5.75 Å². The standard InChI is InChI=1S/C17H20N4O3/c1-12-2-4-14(5-3-12)23-11-17(22)20-7-6-16-15(9-20)21-13(10-24-16)8-18-19-21/h2-5,8,15-16H,6-7,9-11H2,1H3. The summed E-state index contributed by atoms with van der Waals surface area (Å²) in [5, 5.41) is 8.11. The molecule has 126 valence electrons. The summed E-state index contributed by atoms with van der Waals surface area (Å²) >= 11 is 0. The number of piperidine rings is 1. The molecule has 7 heteroatoms. The number of rotatable bonds is 3. The molecule has 0 spiro atoms. The molecule has 1 saturated heterocycles. The lowest BCUT2D eigenvalue weighted by Gasteiger charge is -2.40. The Balaban J connectivity index is 1.39. The van der Waals surface area contributed by atoms with E-state index in [1.807, 2.05) is 40.8 Å². The first kappa shape index (κ1) is 15.1. The maximum atomic E-state index is 12.5. The molecule has 1 amide bonds. The predicted octanol–water partition coefficient (Wildman–Crippen LogP) is 1.34. The number of carbonyl (C=O) groups excluding carboxylic acids is 1. The molecule has 1 aromatic carbocycles. The lowest BCUT2D eigenvalue weighted by Crippen LogP contribution is -2.50. The van der Waals surface area contributed by atoms with Crippen LogP contribution in [0.5, 0.6) is 5.75 Å². The fourth-order valence-corrected chi connectivity index (χ4v) is 3.28. The van der Waals surface area contributed by atoms with Gasteiger partial charge in [0.1, 0.15) is 5.75 Å². The summed E-state index contributed by atoms with van der Waals surface area (Å²) < 4.78 is 13.4. The average Bonchev–Trinajstić information content (AvgIpc) is 3.09. The van der Waals surface area contributed by atoms with Crippen molar-refractivity contribution in [2.24, 2.45) is 0 Å². The number of hydrogen-bond acceptors (Lipinski definition) is 5. The summed E-state index contributed by atoms with van der Waals surface area (Å²) in [4.78, 5) is 14.3. The van der Waals surface area contributed by atoms with Gasteiger partial charge in [-0.05, 0) is 25.5 Å². The van der Waals surface area contributed by atoms with Gasteiger partial charge in [-0.1, -0.05) is 22.9 Å². The fraction of sp³-hybridized carbons (Fsp3) is 0.471. The number of hydrogen-bond donors (Lipinski definition) is 0. The van der Waals surface area contributed by atoms with E-state index in [0.29, 0.717) is 25.4 Å². The Morgan fingerprint density at radius 1 is 1.38 bits per heavy atom. The average molecular weight is 328 g/mol. The van der Waals surface area contributed by atoms with E-state index in [2.05, 4.69) is 10.3 Å². The number of nitrogens with zero attached hydrogens (tertiary/aromatic N) is 4. The molecule has 0 saturated carbocycles. The van der Waals surface area contributed by atoms with E-state index >= 15 is 0 Å². The summed E-state index contributed by atoms with van der Waals surface area (Å²) in [5.74, 6) is 0.699. The Hall–Kier alpha value is -2.41. The molecule has 0 radical (unpaired) electrons. The van der Waals surface area contributed by atoms with Crippen LogP contribution in [0.2, 0.25) is 0 Å². The van der Waals surface area contributed by atoms with Crippen LogP contribution >= 0.6 is 0 Å². The van der Waals surface area contributed by atoms with E-state index in [4.69, 9.17) is 9.47 Å². The lowest BCUT2D eigenvalue weighted by molar-refractivity contribution is -0.140. The third-order valence-electron chi connectivity index (χ3n) is 4.66. The van der Waals surface area contributed by atoms with Crippen LogP contribution in [0.4, 0.5) is 0 Å². The second-order valence-corrected chi connectivity index (χ2v) is 6.32. The number of aryl methyl sites for hydroxylation is 1. The van der Waals surface area contributed by atoms with E-state index in [0.717, 1.165) is 17.7 Å². The van der Waals surface area contributed by atoms with Gasteiger partial charge in [0.15, 0.2) is 6.61 Å². The Labute approximate surface area is 140 Å². The molecule has 3 heterocycles. The lowest BCUT2D eigenvalue weighted by atomic mass is 10.0. The highest BCUT2D eigenvalue weighted by Gasteiger charge is 2.37. The summed E-state index contributed by atoms with van der Waals surface area (Å²) in [6.07, 6.45) is 2.62. The number of ether oxygens (including phenoxy) is 2. The molecule has 0 aliphatic carbocycles. The first-order chi connectivity index (χ1) is 11.7. The molecule has 2 aliphatic rings. The Bertz CT molecular complexity index is 728. The molecule has 2 atom stereocenters. The summed E-state index contributed by atoms with van der Waals surface area (Å²) in [6.45, 7) is 3.87. The van der Waals surface area contributed by atoms with Crippen LogP contribution in [0.25, 0.3) is 0 Å². The largest absolute Gasteiger partial charge is 0.484 e. The monoisotopic (exact) mass is 328 g/mol. The zero-order valence-electron chi connectivity index (χ0n) is 13.6. The molecule has 24 heavy (non-hydrogen) atoms. The highest BCUT2D eigenvalue weighted by molar-refractivity contribution is 5.78. The molecule has 2 unspecified atom stereocenters. The second kappa shape index (κ2) is 6.24. The molecule has 1 fully saturated rings. The maximum absolute atomic E-state index is 12.5. The number of benzene rings is 1. The van der Waals surface area contributed by atoms with Gasteiger partial charge in [-0.3, -0.25) is 4.79 Å². The van der Waals surface area contributed by atoms with Gasteiger partial charge < -0.3 is 14.4 Å². The van der Waals surface area contributed by atoms with Crippen molar-refractivity contribution in [1.29, 1.82) is 0 Å². The topological polar surface area (TPSA) is 69.5 Å². The third kappa shape index (κ3) is 2.87. The van der Waals surface area contributed by atoms with Crippen molar-refractivity contribution < 1.29 is 14.3 Å². The predicted molar refractivity (Wildman–Crippen MR) is 85.5 cm³/mol. The maximum Gasteiger partial charge on any atom is 0.260 e. The van der Waals surface area contributed by atoms with Crippen molar-refractivity contribution >= 4 is 5.91 Å². The third-order valence-corrected chi connectivity index (χ3v) is 4.66. The van der Waals surface area contributed by atoms with Crippen molar-refractivity contribution in [3.05, 3.63) is 41.7 Å². The van der Waals surface area contributed by atoms with E-state index in [9.17, 15) is 4.79 Å². The van der Waals surface area contributed by atoms with Crippen LogP contribution in [-0.2, 0) is 16.1 Å². The SMILES string of the molecule is Cc1ccc(OCC(=O)N2CCC3OCc4cnnn4C3C2)cc1. The summed E-state index contributed by atoms with van der Waals surface area (Å²) in [7, 11) is 0. The molecule has 0 bridgehead atoms. The van der Waals surface area contributed by atoms with Gasteiger partial charge in [0, 0.05) is 13.1 Å². The number of fused-ring (bicyclic) bond motifs is 3. The minimum Gasteiger partial charge on any atom is -0.484 e. The van der Waals surface area contributed by atoms with Gasteiger partial charge in [-0.15, -0.1) is 5.10 Å². The molecular weight excluding hydrogens is 308 g/mol. The quantitative estimate of drug-likeness (QED) is 0.850. The minimum atomic E-state index is -0.0127. The van der Waals surface area contributed by atoms with Crippen molar-refractivity contribution in [2.75, 3.05) is 19.7 Å². The van der Waals surface area contributed by atoms with E-state index in [1.54, 1.807) is 6.20 Å².